The fourth-order valence-electron chi connectivity index (χ4n) is 2.75. The molecular formula is C21H30N4O9S. The third-order valence-electron chi connectivity index (χ3n) is 4.43. The lowest BCUT2D eigenvalue weighted by Gasteiger charge is -2.27. The first-order valence-electron chi connectivity index (χ1n) is 10.9. The number of hydrogen-bond acceptors (Lipinski definition) is 13. The van der Waals surface area contributed by atoms with Crippen LogP contribution in [0.5, 0.6) is 5.88 Å². The van der Waals surface area contributed by atoms with Gasteiger partial charge >= 0.3 is 23.9 Å². The maximum Gasteiger partial charge on any atom is 0.338 e. The Hall–Kier alpha value is -3.10. The summed E-state index contributed by atoms with van der Waals surface area (Å²) in [5, 5.41) is 11.7. The van der Waals surface area contributed by atoms with Gasteiger partial charge in [0, 0.05) is 37.3 Å². The van der Waals surface area contributed by atoms with Crippen molar-refractivity contribution in [3.8, 4) is 5.88 Å². The molecule has 2 N–H and O–H groups in total. The molecule has 1 atom stereocenters. The van der Waals surface area contributed by atoms with Gasteiger partial charge in [0.1, 0.15) is 12.7 Å². The highest BCUT2D eigenvalue weighted by molar-refractivity contribution is 6.99. The lowest BCUT2D eigenvalue weighted by atomic mass is 10.1. The van der Waals surface area contributed by atoms with E-state index in [0.717, 1.165) is 11.7 Å². The number of morpholine rings is 1. The number of carbonyl (C=O) groups is 4. The van der Waals surface area contributed by atoms with Gasteiger partial charge in [0.15, 0.2) is 0 Å². The number of carbonyl (C=O) groups excluding carboxylic acids is 3. The molecule has 0 aromatic carbocycles. The number of rotatable bonds is 12. The fourth-order valence-corrected chi connectivity index (χ4v) is 3.27. The standard InChI is InChI=1S/C21H30N4O9S/c1-21(2,3)22-12-14(13-32-20-19(23-35-24-20)25-8-10-31-11-9-25)33-16(28)6-7-18(30)34-17(29)5-4-15(26)27/h4-5,14,22H,6-13H2,1-3H3,(H,26,27)/b5-4-. The molecule has 35 heavy (non-hydrogen) atoms. The van der Waals surface area contributed by atoms with Crippen LogP contribution >= 0.6 is 11.7 Å². The van der Waals surface area contributed by atoms with Crippen molar-refractivity contribution in [2.24, 2.45) is 0 Å². The van der Waals surface area contributed by atoms with Gasteiger partial charge in [-0.05, 0) is 20.8 Å². The lowest BCUT2D eigenvalue weighted by molar-refractivity contribution is -0.160. The summed E-state index contributed by atoms with van der Waals surface area (Å²) in [5.74, 6) is -3.22. The van der Waals surface area contributed by atoms with E-state index in [1.807, 2.05) is 25.7 Å². The molecule has 1 unspecified atom stereocenters. The number of nitrogens with zero attached hydrogens (tertiary/aromatic N) is 3. The van der Waals surface area contributed by atoms with Crippen molar-refractivity contribution in [3.05, 3.63) is 12.2 Å². The Bertz CT molecular complexity index is 907. The van der Waals surface area contributed by atoms with Gasteiger partial charge in [-0.2, -0.15) is 4.37 Å². The molecule has 2 heterocycles. The van der Waals surface area contributed by atoms with Gasteiger partial charge in [0.05, 0.1) is 37.8 Å². The first kappa shape index (κ1) is 28.1. The molecule has 14 heteroatoms. The molecule has 13 nitrogen and oxygen atoms in total. The number of anilines is 1. The third kappa shape index (κ3) is 11.2. The van der Waals surface area contributed by atoms with Gasteiger partial charge in [-0.15, -0.1) is 4.37 Å². The molecule has 2 rings (SSSR count). The van der Waals surface area contributed by atoms with Gasteiger partial charge in [0.25, 0.3) is 5.88 Å². The van der Waals surface area contributed by atoms with Crippen molar-refractivity contribution >= 4 is 41.4 Å². The Labute approximate surface area is 206 Å². The summed E-state index contributed by atoms with van der Waals surface area (Å²) in [6.07, 6.45) is -0.306. The Balaban J connectivity index is 1.89. The van der Waals surface area contributed by atoms with E-state index in [9.17, 15) is 19.2 Å². The summed E-state index contributed by atoms with van der Waals surface area (Å²) in [7, 11) is 0. The maximum absolute atomic E-state index is 12.3. The van der Waals surface area contributed by atoms with Crippen LogP contribution in [0.15, 0.2) is 12.2 Å². The van der Waals surface area contributed by atoms with Crippen LogP contribution in [0, 0.1) is 0 Å². The molecule has 0 aliphatic carbocycles. The van der Waals surface area contributed by atoms with E-state index in [-0.39, 0.29) is 25.1 Å². The topological polar surface area (TPSA) is 166 Å². The minimum absolute atomic E-state index is 0.000485. The van der Waals surface area contributed by atoms with E-state index in [0.29, 0.717) is 50.2 Å². The Morgan fingerprint density at radius 3 is 2.49 bits per heavy atom. The third-order valence-corrected chi connectivity index (χ3v) is 4.93. The van der Waals surface area contributed by atoms with Crippen LogP contribution < -0.4 is 15.0 Å². The Kier molecular flexibility index (Phi) is 11.0. The number of hydrogen-bond donors (Lipinski definition) is 2. The average Bonchev–Trinajstić information content (AvgIpc) is 3.27. The molecule has 1 fully saturated rings. The van der Waals surface area contributed by atoms with Crippen LogP contribution in [0.3, 0.4) is 0 Å². The lowest BCUT2D eigenvalue weighted by Crippen LogP contribution is -2.44. The second-order valence-electron chi connectivity index (χ2n) is 8.51. The molecule has 0 radical (unpaired) electrons. The van der Waals surface area contributed by atoms with Crippen molar-refractivity contribution in [2.45, 2.75) is 45.3 Å². The molecule has 1 saturated heterocycles. The summed E-state index contributed by atoms with van der Waals surface area (Å²) < 4.78 is 29.6. The zero-order chi connectivity index (χ0) is 25.8. The Morgan fingerprint density at radius 1 is 1.14 bits per heavy atom. The second kappa shape index (κ2) is 13.7. The first-order chi connectivity index (χ1) is 16.5. The number of nitrogens with one attached hydrogen (secondary N) is 1. The van der Waals surface area contributed by atoms with Gasteiger partial charge in [-0.25, -0.2) is 9.59 Å². The van der Waals surface area contributed by atoms with E-state index in [1.165, 1.54) is 0 Å². The maximum atomic E-state index is 12.3. The van der Waals surface area contributed by atoms with Crippen molar-refractivity contribution < 1.29 is 43.2 Å². The number of carboxylic acids is 1. The molecule has 1 aliphatic rings. The highest BCUT2D eigenvalue weighted by Gasteiger charge is 2.24. The number of ether oxygens (including phenoxy) is 4. The smallest absolute Gasteiger partial charge is 0.338 e. The summed E-state index contributed by atoms with van der Waals surface area (Å²) in [4.78, 5) is 47.8. The average molecular weight is 515 g/mol. The molecule has 1 aromatic rings. The molecule has 0 spiro atoms. The molecular weight excluding hydrogens is 484 g/mol. The Morgan fingerprint density at radius 2 is 1.83 bits per heavy atom. The van der Waals surface area contributed by atoms with Crippen molar-refractivity contribution in [1.29, 1.82) is 0 Å². The quantitative estimate of drug-likeness (QED) is 0.226. The van der Waals surface area contributed by atoms with E-state index in [2.05, 4.69) is 18.8 Å². The number of esters is 3. The molecule has 0 saturated carbocycles. The first-order valence-corrected chi connectivity index (χ1v) is 11.6. The van der Waals surface area contributed by atoms with Gasteiger partial charge in [0.2, 0.25) is 5.82 Å². The fraction of sp³-hybridized carbons (Fsp3) is 0.619. The van der Waals surface area contributed by atoms with E-state index in [4.69, 9.17) is 19.3 Å². The predicted molar refractivity (Wildman–Crippen MR) is 123 cm³/mol. The number of aromatic nitrogens is 2. The normalized spacial score (nSPS) is 15.0. The van der Waals surface area contributed by atoms with E-state index < -0.39 is 36.4 Å². The zero-order valence-corrected chi connectivity index (χ0v) is 20.7. The van der Waals surface area contributed by atoms with Crippen molar-refractivity contribution in [3.63, 3.8) is 0 Å². The van der Waals surface area contributed by atoms with Crippen LogP contribution in [0.2, 0.25) is 0 Å². The largest absolute Gasteiger partial charge is 0.478 e. The zero-order valence-electron chi connectivity index (χ0n) is 19.9. The van der Waals surface area contributed by atoms with Crippen LogP contribution in [-0.2, 0) is 33.4 Å². The summed E-state index contributed by atoms with van der Waals surface area (Å²) in [6, 6.07) is 0. The summed E-state index contributed by atoms with van der Waals surface area (Å²) in [5.41, 5.74) is -0.251. The van der Waals surface area contributed by atoms with Crippen molar-refractivity contribution in [2.75, 3.05) is 44.4 Å². The van der Waals surface area contributed by atoms with Gasteiger partial charge in [-0.3, -0.25) is 9.59 Å². The predicted octanol–water partition coefficient (Wildman–Crippen LogP) is 0.544. The SMILES string of the molecule is CC(C)(C)NCC(COc1nsnc1N1CCOCC1)OC(=O)CCC(=O)OC(=O)/C=C\C(=O)O. The van der Waals surface area contributed by atoms with Gasteiger partial charge < -0.3 is 34.3 Å². The molecule has 0 bridgehead atoms. The number of carboxylic acid groups (broad SMARTS) is 1. The minimum atomic E-state index is -1.36. The van der Waals surface area contributed by atoms with Gasteiger partial charge in [-0.1, -0.05) is 0 Å². The van der Waals surface area contributed by atoms with Crippen LogP contribution in [0.25, 0.3) is 0 Å². The van der Waals surface area contributed by atoms with Crippen LogP contribution in [-0.4, -0.2) is 88.8 Å². The molecule has 194 valence electrons. The van der Waals surface area contributed by atoms with E-state index in [1.54, 1.807) is 0 Å². The highest BCUT2D eigenvalue weighted by Crippen LogP contribution is 2.26. The highest BCUT2D eigenvalue weighted by atomic mass is 32.1. The molecule has 1 aromatic heterocycles. The number of aliphatic carboxylic acids is 1. The van der Waals surface area contributed by atoms with Crippen LogP contribution in [0.4, 0.5) is 5.82 Å². The molecule has 1 aliphatic heterocycles. The second-order valence-corrected chi connectivity index (χ2v) is 9.04. The minimum Gasteiger partial charge on any atom is -0.478 e. The monoisotopic (exact) mass is 514 g/mol. The summed E-state index contributed by atoms with van der Waals surface area (Å²) >= 11 is 1.02. The van der Waals surface area contributed by atoms with Crippen LogP contribution in [0.1, 0.15) is 33.6 Å². The summed E-state index contributed by atoms with van der Waals surface area (Å²) in [6.45, 7) is 8.64. The van der Waals surface area contributed by atoms with Crippen molar-refractivity contribution in [1.82, 2.24) is 14.1 Å². The molecule has 0 amide bonds. The van der Waals surface area contributed by atoms with E-state index >= 15 is 0 Å².